The van der Waals surface area contributed by atoms with Gasteiger partial charge in [0.05, 0.1) is 0 Å². The van der Waals surface area contributed by atoms with E-state index in [9.17, 15) is 9.59 Å². The van der Waals surface area contributed by atoms with Crippen LogP contribution in [-0.4, -0.2) is 23.1 Å². The van der Waals surface area contributed by atoms with Crippen LogP contribution in [0.1, 0.15) is 245 Å². The lowest BCUT2D eigenvalue weighted by molar-refractivity contribution is -0.150. The van der Waals surface area contributed by atoms with E-state index in [1.165, 1.54) is 154 Å². The summed E-state index contributed by atoms with van der Waals surface area (Å²) in [7, 11) is 0. The Hall–Kier alpha value is -1.32. The Kier molecular flexibility index (Phi) is 38.0. The Morgan fingerprint density at radius 2 is 0.766 bits per heavy atom. The van der Waals surface area contributed by atoms with Crippen molar-refractivity contribution in [3.63, 3.8) is 0 Å². The molecule has 1 N–H and O–H groups in total. The fourth-order valence-corrected chi connectivity index (χ4v) is 6.59. The molecule has 0 aliphatic heterocycles. The highest BCUT2D eigenvalue weighted by atomic mass is 16.5. The number of aliphatic carboxylic acids is 1. The lowest BCUT2D eigenvalue weighted by Crippen LogP contribution is -2.18. The Balaban J connectivity index is 4.01. The summed E-state index contributed by atoms with van der Waals surface area (Å²) in [5.41, 5.74) is 0. The molecule has 0 amide bonds. The van der Waals surface area contributed by atoms with Crippen molar-refractivity contribution in [3.05, 3.63) is 12.2 Å². The summed E-state index contributed by atoms with van der Waals surface area (Å²) in [6, 6.07) is 0. The quantitative estimate of drug-likeness (QED) is 0.0404. The SMILES string of the molecule is CCCCCCCC/C=C\CCCCCCCC(=O)OC(CCCCCCCCCCCCCCCC)CCCCCCCC(=O)O. The zero-order valence-corrected chi connectivity index (χ0v) is 31.9. The highest BCUT2D eigenvalue weighted by Gasteiger charge is 2.14. The maximum atomic E-state index is 12.7. The number of allylic oxidation sites excluding steroid dienone is 2. The van der Waals surface area contributed by atoms with Crippen LogP contribution in [0.3, 0.4) is 0 Å². The molecule has 0 saturated heterocycles. The lowest BCUT2D eigenvalue weighted by Gasteiger charge is -2.18. The monoisotopic (exact) mass is 663 g/mol. The second-order valence-electron chi connectivity index (χ2n) is 14.5. The molecule has 0 radical (unpaired) electrons. The Morgan fingerprint density at radius 3 is 1.15 bits per heavy atom. The number of hydrogen-bond acceptors (Lipinski definition) is 3. The molecular formula is C43H82O4. The van der Waals surface area contributed by atoms with E-state index >= 15 is 0 Å². The van der Waals surface area contributed by atoms with Gasteiger partial charge in [-0.25, -0.2) is 0 Å². The van der Waals surface area contributed by atoms with Crippen molar-refractivity contribution < 1.29 is 19.4 Å². The third-order valence-electron chi connectivity index (χ3n) is 9.74. The van der Waals surface area contributed by atoms with E-state index in [4.69, 9.17) is 9.84 Å². The van der Waals surface area contributed by atoms with Gasteiger partial charge in [0.2, 0.25) is 0 Å². The average molecular weight is 663 g/mol. The number of hydrogen-bond donors (Lipinski definition) is 1. The molecule has 0 aliphatic carbocycles. The van der Waals surface area contributed by atoms with Crippen LogP contribution in [0.2, 0.25) is 0 Å². The van der Waals surface area contributed by atoms with Crippen molar-refractivity contribution in [2.75, 3.05) is 0 Å². The molecule has 0 rings (SSSR count). The molecule has 0 aromatic carbocycles. The normalized spacial score (nSPS) is 12.2. The Labute approximate surface area is 294 Å². The van der Waals surface area contributed by atoms with E-state index < -0.39 is 5.97 Å². The first-order chi connectivity index (χ1) is 23.1. The topological polar surface area (TPSA) is 63.6 Å². The summed E-state index contributed by atoms with van der Waals surface area (Å²) in [5.74, 6) is -0.698. The number of esters is 1. The molecule has 0 saturated carbocycles. The molecule has 0 spiro atoms. The largest absolute Gasteiger partial charge is 0.481 e. The molecule has 0 aromatic rings. The number of unbranched alkanes of at least 4 members (excludes halogenated alkanes) is 28. The average Bonchev–Trinajstić information content (AvgIpc) is 3.05. The minimum Gasteiger partial charge on any atom is -0.481 e. The molecule has 0 bridgehead atoms. The fourth-order valence-electron chi connectivity index (χ4n) is 6.59. The lowest BCUT2D eigenvalue weighted by atomic mass is 10.0. The van der Waals surface area contributed by atoms with E-state index in [1.54, 1.807) is 0 Å². The van der Waals surface area contributed by atoms with Gasteiger partial charge < -0.3 is 9.84 Å². The van der Waals surface area contributed by atoms with E-state index in [0.717, 1.165) is 64.2 Å². The maximum Gasteiger partial charge on any atom is 0.306 e. The van der Waals surface area contributed by atoms with Gasteiger partial charge in [-0.1, -0.05) is 180 Å². The summed E-state index contributed by atoms with van der Waals surface area (Å²) < 4.78 is 6.02. The van der Waals surface area contributed by atoms with Crippen LogP contribution in [0.5, 0.6) is 0 Å². The molecule has 4 heteroatoms. The van der Waals surface area contributed by atoms with Crippen LogP contribution in [0.25, 0.3) is 0 Å². The number of carboxylic acids is 1. The number of carbonyl (C=O) groups is 2. The van der Waals surface area contributed by atoms with Crippen molar-refractivity contribution >= 4 is 11.9 Å². The summed E-state index contributed by atoms with van der Waals surface area (Å²) in [4.78, 5) is 23.4. The summed E-state index contributed by atoms with van der Waals surface area (Å²) in [5, 5.41) is 8.83. The molecule has 1 unspecified atom stereocenters. The summed E-state index contributed by atoms with van der Waals surface area (Å²) in [6.07, 6.45) is 48.0. The zero-order valence-electron chi connectivity index (χ0n) is 31.9. The van der Waals surface area contributed by atoms with Gasteiger partial charge in [0.25, 0.3) is 0 Å². The molecule has 0 heterocycles. The molecule has 0 fully saturated rings. The number of ether oxygens (including phenoxy) is 1. The second kappa shape index (κ2) is 39.1. The van der Waals surface area contributed by atoms with Gasteiger partial charge in [-0.2, -0.15) is 0 Å². The van der Waals surface area contributed by atoms with Crippen LogP contribution in [0.4, 0.5) is 0 Å². The van der Waals surface area contributed by atoms with Crippen molar-refractivity contribution in [2.24, 2.45) is 0 Å². The molecule has 1 atom stereocenters. The van der Waals surface area contributed by atoms with E-state index in [-0.39, 0.29) is 18.5 Å². The first-order valence-electron chi connectivity index (χ1n) is 21.2. The summed E-state index contributed by atoms with van der Waals surface area (Å²) >= 11 is 0. The van der Waals surface area contributed by atoms with Gasteiger partial charge in [0.1, 0.15) is 6.10 Å². The van der Waals surface area contributed by atoms with E-state index in [2.05, 4.69) is 26.0 Å². The van der Waals surface area contributed by atoms with Crippen LogP contribution in [0.15, 0.2) is 12.2 Å². The number of carboxylic acid groups (broad SMARTS) is 1. The van der Waals surface area contributed by atoms with Crippen LogP contribution < -0.4 is 0 Å². The maximum absolute atomic E-state index is 12.7. The van der Waals surface area contributed by atoms with E-state index in [1.807, 2.05) is 0 Å². The van der Waals surface area contributed by atoms with Crippen LogP contribution >= 0.6 is 0 Å². The van der Waals surface area contributed by atoms with Crippen molar-refractivity contribution in [3.8, 4) is 0 Å². The minimum absolute atomic E-state index is 0.000510. The first-order valence-corrected chi connectivity index (χ1v) is 21.2. The molecule has 47 heavy (non-hydrogen) atoms. The van der Waals surface area contributed by atoms with Gasteiger partial charge in [-0.15, -0.1) is 0 Å². The van der Waals surface area contributed by atoms with Crippen LogP contribution in [-0.2, 0) is 14.3 Å². The highest BCUT2D eigenvalue weighted by Crippen LogP contribution is 2.19. The predicted octanol–water partition coefficient (Wildman–Crippen LogP) is 14.6. The zero-order chi connectivity index (χ0) is 34.3. The molecule has 278 valence electrons. The molecule has 0 aromatic heterocycles. The fraction of sp³-hybridized carbons (Fsp3) is 0.907. The van der Waals surface area contributed by atoms with Gasteiger partial charge in [0, 0.05) is 12.8 Å². The van der Waals surface area contributed by atoms with Gasteiger partial charge in [-0.05, 0) is 64.2 Å². The highest BCUT2D eigenvalue weighted by molar-refractivity contribution is 5.69. The molecular weight excluding hydrogens is 580 g/mol. The van der Waals surface area contributed by atoms with Crippen molar-refractivity contribution in [2.45, 2.75) is 251 Å². The third kappa shape index (κ3) is 39.0. The molecule has 0 aliphatic rings. The minimum atomic E-state index is -0.698. The van der Waals surface area contributed by atoms with Crippen molar-refractivity contribution in [1.82, 2.24) is 0 Å². The predicted molar refractivity (Wildman–Crippen MR) is 204 cm³/mol. The van der Waals surface area contributed by atoms with Gasteiger partial charge in [-0.3, -0.25) is 9.59 Å². The second-order valence-corrected chi connectivity index (χ2v) is 14.5. The number of rotatable bonds is 39. The van der Waals surface area contributed by atoms with Gasteiger partial charge in [0.15, 0.2) is 0 Å². The summed E-state index contributed by atoms with van der Waals surface area (Å²) in [6.45, 7) is 4.56. The first kappa shape index (κ1) is 45.7. The third-order valence-corrected chi connectivity index (χ3v) is 9.74. The standard InChI is InChI=1S/C43H82O4/c1-3-5-7-9-11-13-15-17-19-21-23-25-27-32-36-40-43(46)47-41(38-34-30-28-31-35-39-42(44)45)37-33-29-26-24-22-20-18-16-14-12-10-8-6-4-2/h17,19,41H,3-16,18,20-40H2,1-2H3,(H,44,45)/b19-17-. The van der Waals surface area contributed by atoms with Gasteiger partial charge >= 0.3 is 11.9 Å². The van der Waals surface area contributed by atoms with Crippen LogP contribution in [0, 0.1) is 0 Å². The Bertz CT molecular complexity index is 673. The smallest absolute Gasteiger partial charge is 0.306 e. The molecule has 4 nitrogen and oxygen atoms in total. The Morgan fingerprint density at radius 1 is 0.447 bits per heavy atom. The van der Waals surface area contributed by atoms with Crippen molar-refractivity contribution in [1.29, 1.82) is 0 Å². The number of carbonyl (C=O) groups excluding carboxylic acids is 1. The van der Waals surface area contributed by atoms with E-state index in [0.29, 0.717) is 6.42 Å².